The van der Waals surface area contributed by atoms with Crippen LogP contribution in [0.1, 0.15) is 60.2 Å². The summed E-state index contributed by atoms with van der Waals surface area (Å²) in [6, 6.07) is 8.15. The molecule has 1 unspecified atom stereocenters. The van der Waals surface area contributed by atoms with Gasteiger partial charge in [0.05, 0.1) is 12.2 Å². The van der Waals surface area contributed by atoms with Crippen molar-refractivity contribution in [2.75, 3.05) is 19.6 Å². The van der Waals surface area contributed by atoms with E-state index < -0.39 is 0 Å². The molecule has 3 heterocycles. The van der Waals surface area contributed by atoms with E-state index in [1.807, 2.05) is 29.5 Å². The summed E-state index contributed by atoms with van der Waals surface area (Å²) in [5.41, 5.74) is 5.36. The first-order chi connectivity index (χ1) is 15.4. The number of rotatable bonds is 5. The second-order valence-corrected chi connectivity index (χ2v) is 9.14. The van der Waals surface area contributed by atoms with Crippen molar-refractivity contribution < 1.29 is 9.59 Å². The average Bonchev–Trinajstić information content (AvgIpc) is 3.42. The Morgan fingerprint density at radius 3 is 2.41 bits per heavy atom. The van der Waals surface area contributed by atoms with E-state index in [0.29, 0.717) is 13.1 Å². The van der Waals surface area contributed by atoms with Gasteiger partial charge in [0, 0.05) is 37.0 Å². The van der Waals surface area contributed by atoms with Gasteiger partial charge >= 0.3 is 0 Å². The molecule has 0 N–H and O–H groups in total. The van der Waals surface area contributed by atoms with Crippen LogP contribution in [-0.2, 0) is 16.1 Å². The fraction of sp³-hybridized carbons (Fsp3) is 0.500. The molecule has 6 nitrogen and oxygen atoms in total. The first-order valence-corrected chi connectivity index (χ1v) is 11.8. The van der Waals surface area contributed by atoms with Crippen LogP contribution in [0.2, 0.25) is 0 Å². The highest BCUT2D eigenvalue weighted by Gasteiger charge is 2.34. The Hall–Kier alpha value is -2.89. The Labute approximate surface area is 190 Å². The molecule has 32 heavy (non-hydrogen) atoms. The number of likely N-dealkylation sites (tertiary alicyclic amines) is 2. The number of nitrogens with zero attached hydrogens (tertiary/aromatic N) is 4. The minimum Gasteiger partial charge on any atom is -0.341 e. The molecule has 0 radical (unpaired) electrons. The maximum absolute atomic E-state index is 13.1. The second kappa shape index (κ2) is 9.72. The van der Waals surface area contributed by atoms with Crippen LogP contribution < -0.4 is 0 Å². The summed E-state index contributed by atoms with van der Waals surface area (Å²) < 4.78 is 1.99. The van der Waals surface area contributed by atoms with Gasteiger partial charge in [0.25, 0.3) is 0 Å². The van der Waals surface area contributed by atoms with Crippen LogP contribution in [0.15, 0.2) is 30.3 Å². The van der Waals surface area contributed by atoms with Crippen molar-refractivity contribution in [3.63, 3.8) is 0 Å². The third-order valence-corrected chi connectivity index (χ3v) is 6.77. The maximum Gasteiger partial charge on any atom is 0.247 e. The van der Waals surface area contributed by atoms with E-state index in [1.54, 1.807) is 11.0 Å². The lowest BCUT2D eigenvalue weighted by Crippen LogP contribution is -2.52. The molecule has 0 spiro atoms. The standard InChI is InChI=1S/C26H34N4O2/c1-19-9-11-22(12-10-19)18-30-21(3)23(20(2)27-30)13-14-25(31)29-17-5-4-8-24(29)26(32)28-15-6-7-16-28/h9-14,24H,4-8,15-18H2,1-3H3/b14-13+. The predicted molar refractivity (Wildman–Crippen MR) is 126 cm³/mol. The molecule has 170 valence electrons. The van der Waals surface area contributed by atoms with Crippen molar-refractivity contribution in [2.24, 2.45) is 0 Å². The largest absolute Gasteiger partial charge is 0.341 e. The quantitative estimate of drug-likeness (QED) is 0.671. The summed E-state index contributed by atoms with van der Waals surface area (Å²) in [6.45, 7) is 9.10. The molecule has 2 saturated heterocycles. The van der Waals surface area contributed by atoms with Crippen LogP contribution >= 0.6 is 0 Å². The Kier molecular flexibility index (Phi) is 6.77. The van der Waals surface area contributed by atoms with Crippen molar-refractivity contribution in [3.8, 4) is 0 Å². The molecule has 1 atom stereocenters. The van der Waals surface area contributed by atoms with Crippen molar-refractivity contribution in [1.82, 2.24) is 19.6 Å². The highest BCUT2D eigenvalue weighted by Crippen LogP contribution is 2.23. The number of benzene rings is 1. The smallest absolute Gasteiger partial charge is 0.247 e. The van der Waals surface area contributed by atoms with Gasteiger partial charge in [-0.05, 0) is 64.5 Å². The van der Waals surface area contributed by atoms with Gasteiger partial charge in [0.2, 0.25) is 11.8 Å². The maximum atomic E-state index is 13.1. The lowest BCUT2D eigenvalue weighted by Gasteiger charge is -2.36. The van der Waals surface area contributed by atoms with Crippen LogP contribution in [0.4, 0.5) is 0 Å². The lowest BCUT2D eigenvalue weighted by atomic mass is 10.0. The number of piperidine rings is 1. The molecule has 1 aromatic heterocycles. The summed E-state index contributed by atoms with van der Waals surface area (Å²) in [6.07, 6.45) is 8.36. The summed E-state index contributed by atoms with van der Waals surface area (Å²) in [5.74, 6) is 0.0505. The molecule has 4 rings (SSSR count). The van der Waals surface area contributed by atoms with Crippen molar-refractivity contribution in [3.05, 3.63) is 58.4 Å². The van der Waals surface area contributed by atoms with Crippen LogP contribution in [0.5, 0.6) is 0 Å². The van der Waals surface area contributed by atoms with Crippen molar-refractivity contribution in [2.45, 2.75) is 65.5 Å². The van der Waals surface area contributed by atoms with E-state index >= 15 is 0 Å². The van der Waals surface area contributed by atoms with Crippen LogP contribution in [-0.4, -0.2) is 57.1 Å². The van der Waals surface area contributed by atoms with E-state index in [9.17, 15) is 9.59 Å². The average molecular weight is 435 g/mol. The molecule has 2 aromatic rings. The zero-order valence-corrected chi connectivity index (χ0v) is 19.5. The zero-order chi connectivity index (χ0) is 22.7. The van der Waals surface area contributed by atoms with Gasteiger partial charge in [0.15, 0.2) is 0 Å². The SMILES string of the molecule is Cc1ccc(Cn2nc(C)c(/C=C/C(=O)N3CCCCC3C(=O)N3CCCC3)c2C)cc1. The number of aryl methyl sites for hydroxylation is 2. The molecule has 0 saturated carbocycles. The summed E-state index contributed by atoms with van der Waals surface area (Å²) >= 11 is 0. The molecular weight excluding hydrogens is 400 g/mol. The van der Waals surface area contributed by atoms with Gasteiger partial charge in [-0.25, -0.2) is 0 Å². The van der Waals surface area contributed by atoms with E-state index in [2.05, 4.69) is 31.2 Å². The summed E-state index contributed by atoms with van der Waals surface area (Å²) in [7, 11) is 0. The Morgan fingerprint density at radius 2 is 1.69 bits per heavy atom. The highest BCUT2D eigenvalue weighted by atomic mass is 16.2. The molecule has 2 fully saturated rings. The molecule has 6 heteroatoms. The molecule has 1 aromatic carbocycles. The Morgan fingerprint density at radius 1 is 1.00 bits per heavy atom. The van der Waals surface area contributed by atoms with Crippen LogP contribution in [0, 0.1) is 20.8 Å². The molecule has 0 aliphatic carbocycles. The number of carbonyl (C=O) groups is 2. The van der Waals surface area contributed by atoms with Gasteiger partial charge in [-0.2, -0.15) is 5.10 Å². The number of carbonyl (C=O) groups excluding carboxylic acids is 2. The third-order valence-electron chi connectivity index (χ3n) is 6.77. The van der Waals surface area contributed by atoms with Gasteiger partial charge in [-0.1, -0.05) is 29.8 Å². The molecule has 2 amide bonds. The van der Waals surface area contributed by atoms with Gasteiger partial charge in [-0.15, -0.1) is 0 Å². The van der Waals surface area contributed by atoms with Crippen molar-refractivity contribution in [1.29, 1.82) is 0 Å². The number of hydrogen-bond donors (Lipinski definition) is 0. The molecule has 2 aliphatic heterocycles. The molecular formula is C26H34N4O2. The van der Waals surface area contributed by atoms with Crippen LogP contribution in [0.3, 0.4) is 0 Å². The van der Waals surface area contributed by atoms with Gasteiger partial charge in [0.1, 0.15) is 6.04 Å². The summed E-state index contributed by atoms with van der Waals surface area (Å²) in [5, 5.41) is 4.69. The fourth-order valence-electron chi connectivity index (χ4n) is 4.82. The third kappa shape index (κ3) is 4.79. The first kappa shape index (κ1) is 22.3. The molecule has 2 aliphatic rings. The first-order valence-electron chi connectivity index (χ1n) is 11.8. The minimum atomic E-state index is -0.314. The topological polar surface area (TPSA) is 58.4 Å². The minimum absolute atomic E-state index is 0.0765. The lowest BCUT2D eigenvalue weighted by molar-refractivity contribution is -0.144. The normalized spacial score (nSPS) is 19.2. The van der Waals surface area contributed by atoms with E-state index in [0.717, 1.165) is 62.1 Å². The van der Waals surface area contributed by atoms with E-state index in [-0.39, 0.29) is 17.9 Å². The highest BCUT2D eigenvalue weighted by molar-refractivity contribution is 5.96. The monoisotopic (exact) mass is 434 g/mol. The Bertz CT molecular complexity index is 1000. The van der Waals surface area contributed by atoms with E-state index in [4.69, 9.17) is 5.10 Å². The second-order valence-electron chi connectivity index (χ2n) is 9.14. The number of hydrogen-bond acceptors (Lipinski definition) is 3. The summed E-state index contributed by atoms with van der Waals surface area (Å²) in [4.78, 5) is 29.8. The predicted octanol–water partition coefficient (Wildman–Crippen LogP) is 3.87. The van der Waals surface area contributed by atoms with E-state index in [1.165, 1.54) is 11.1 Å². The van der Waals surface area contributed by atoms with Crippen molar-refractivity contribution >= 4 is 17.9 Å². The Balaban J connectivity index is 1.48. The van der Waals surface area contributed by atoms with Gasteiger partial charge in [-0.3, -0.25) is 14.3 Å². The number of amides is 2. The van der Waals surface area contributed by atoms with Gasteiger partial charge < -0.3 is 9.80 Å². The zero-order valence-electron chi connectivity index (χ0n) is 19.5. The fourth-order valence-corrected chi connectivity index (χ4v) is 4.82. The molecule has 0 bridgehead atoms. The number of aromatic nitrogens is 2. The van der Waals surface area contributed by atoms with Crippen LogP contribution in [0.25, 0.3) is 6.08 Å².